The van der Waals surface area contributed by atoms with E-state index in [0.717, 1.165) is 0 Å². The van der Waals surface area contributed by atoms with Crippen LogP contribution >= 0.6 is 25.1 Å². The van der Waals surface area contributed by atoms with Crippen LogP contribution in [0.25, 0.3) is 0 Å². The number of hydrogen-bond acceptors (Lipinski definition) is 5. The Hall–Kier alpha value is -3.18. The molecule has 0 saturated carbocycles. The Balaban J connectivity index is 0.00000289. The molecule has 0 radical (unpaired) electrons. The molecule has 0 aliphatic carbocycles. The van der Waals surface area contributed by atoms with Gasteiger partial charge in [-0.25, -0.2) is 13.8 Å². The van der Waals surface area contributed by atoms with Crippen LogP contribution in [0.5, 0.6) is 0 Å². The highest BCUT2D eigenvalue weighted by Gasteiger charge is 2.34. The summed E-state index contributed by atoms with van der Waals surface area (Å²) in [5, 5.41) is 6.77. The lowest BCUT2D eigenvalue weighted by Crippen LogP contribution is -2.43. The minimum absolute atomic E-state index is 0. The van der Waals surface area contributed by atoms with Gasteiger partial charge in [0.05, 0.1) is 28.5 Å². The third-order valence-electron chi connectivity index (χ3n) is 4.94. The quantitative estimate of drug-likeness (QED) is 0.586. The number of rotatable bonds is 4. The van der Waals surface area contributed by atoms with Gasteiger partial charge in [-0.15, -0.1) is 0 Å². The number of amides is 2. The average molecular weight is 481 g/mol. The summed E-state index contributed by atoms with van der Waals surface area (Å²) < 4.78 is 27.5. The van der Waals surface area contributed by atoms with Gasteiger partial charge in [0.25, 0.3) is 18.2 Å². The number of nitrogen functional groups attached to an aromatic ring is 1. The molecule has 2 aromatic heterocycles. The maximum atomic E-state index is 13.2. The van der Waals surface area contributed by atoms with Crippen molar-refractivity contribution in [1.29, 1.82) is 0 Å². The minimum atomic E-state index is -2.72. The maximum absolute atomic E-state index is 13.2. The number of anilines is 3. The Morgan fingerprint density at radius 1 is 1.28 bits per heavy atom. The second-order valence-electron chi connectivity index (χ2n) is 7.05. The van der Waals surface area contributed by atoms with E-state index >= 15 is 0 Å². The number of nitrogens with one attached hydrogen (secondary N) is 1. The first-order chi connectivity index (χ1) is 14.8. The third-order valence-corrected chi connectivity index (χ3v) is 5.26. The summed E-state index contributed by atoms with van der Waals surface area (Å²) in [6, 6.07) is 6.72. The molecule has 0 spiro atoms. The topological polar surface area (TPSA) is 106 Å². The number of nitrogens with two attached hydrogens (primary N) is 1. The van der Waals surface area contributed by atoms with Crippen molar-refractivity contribution in [3.63, 3.8) is 0 Å². The van der Waals surface area contributed by atoms with Crippen LogP contribution in [0.4, 0.5) is 26.0 Å². The Kier molecular flexibility index (Phi) is 6.70. The lowest BCUT2D eigenvalue weighted by molar-refractivity contribution is 0.0954. The molecule has 3 heterocycles. The first-order valence-corrected chi connectivity index (χ1v) is 9.64. The van der Waals surface area contributed by atoms with Crippen LogP contribution in [0.15, 0.2) is 42.7 Å². The van der Waals surface area contributed by atoms with Gasteiger partial charge < -0.3 is 16.0 Å². The number of hydrogen-bond donors (Lipinski definition) is 2. The molecule has 3 N–H and O–H groups in total. The van der Waals surface area contributed by atoms with Crippen molar-refractivity contribution in [3.8, 4) is 0 Å². The van der Waals surface area contributed by atoms with Crippen molar-refractivity contribution in [2.75, 3.05) is 22.5 Å². The van der Waals surface area contributed by atoms with Crippen LogP contribution in [-0.2, 0) is 0 Å². The van der Waals surface area contributed by atoms with E-state index in [-0.39, 0.29) is 59.4 Å². The van der Waals surface area contributed by atoms with E-state index in [9.17, 15) is 18.4 Å². The molecule has 1 atom stereocenters. The number of alkyl halides is 2. The van der Waals surface area contributed by atoms with E-state index in [1.165, 1.54) is 52.3 Å². The van der Waals surface area contributed by atoms with Crippen LogP contribution in [0.2, 0.25) is 5.02 Å². The molecule has 1 aliphatic rings. The number of aromatic nitrogens is 3. The molecule has 0 fully saturated rings. The Morgan fingerprint density at radius 2 is 2.03 bits per heavy atom. The third kappa shape index (κ3) is 4.26. The van der Waals surface area contributed by atoms with Gasteiger partial charge in [-0.3, -0.25) is 14.3 Å². The first kappa shape index (κ1) is 23.5. The van der Waals surface area contributed by atoms with Crippen molar-refractivity contribution in [2.24, 2.45) is 0 Å². The van der Waals surface area contributed by atoms with Crippen molar-refractivity contribution >= 4 is 54.1 Å². The van der Waals surface area contributed by atoms with Crippen LogP contribution in [0.3, 0.4) is 0 Å². The smallest absolute Gasteiger partial charge is 0.278 e. The van der Waals surface area contributed by atoms with Gasteiger partial charge in [0.15, 0.2) is 5.69 Å². The summed E-state index contributed by atoms with van der Waals surface area (Å²) in [5.74, 6) is -0.650. The summed E-state index contributed by atoms with van der Waals surface area (Å²) in [5.41, 5.74) is 6.26. The molecule has 1 aliphatic heterocycles. The summed E-state index contributed by atoms with van der Waals surface area (Å²) in [6.07, 6.45) is -0.00393. The molecular weight excluding hydrogens is 462 g/mol. The SMILES string of the molecule is C[C@H]1CN(c2ccc(C(F)F)c(Cl)c2)C(=O)c2c(NC(=O)c3ccc(N)nc3)cnn21.S. The van der Waals surface area contributed by atoms with Crippen molar-refractivity contribution < 1.29 is 18.4 Å². The highest BCUT2D eigenvalue weighted by atomic mass is 35.5. The Labute approximate surface area is 193 Å². The monoisotopic (exact) mass is 480 g/mol. The van der Waals surface area contributed by atoms with Crippen molar-refractivity contribution in [1.82, 2.24) is 14.8 Å². The molecular formula is C20H19ClF2N6O2S. The second kappa shape index (κ2) is 9.13. The fraction of sp³-hybridized carbons (Fsp3) is 0.200. The van der Waals surface area contributed by atoms with Crippen molar-refractivity contribution in [3.05, 3.63) is 64.6 Å². The predicted molar refractivity (Wildman–Crippen MR) is 122 cm³/mol. The van der Waals surface area contributed by atoms with Gasteiger partial charge in [-0.1, -0.05) is 11.6 Å². The zero-order valence-electron chi connectivity index (χ0n) is 16.7. The molecule has 4 rings (SSSR count). The number of fused-ring (bicyclic) bond motifs is 1. The fourth-order valence-electron chi connectivity index (χ4n) is 3.37. The molecule has 0 saturated heterocycles. The van der Waals surface area contributed by atoms with Gasteiger partial charge >= 0.3 is 0 Å². The van der Waals surface area contributed by atoms with Crippen LogP contribution in [-0.4, -0.2) is 33.1 Å². The van der Waals surface area contributed by atoms with Crippen molar-refractivity contribution in [2.45, 2.75) is 19.4 Å². The summed E-state index contributed by atoms with van der Waals surface area (Å²) in [7, 11) is 0. The summed E-state index contributed by atoms with van der Waals surface area (Å²) in [6.45, 7) is 2.10. The molecule has 1 aromatic carbocycles. The van der Waals surface area contributed by atoms with E-state index in [1.807, 2.05) is 6.92 Å². The van der Waals surface area contributed by atoms with Gasteiger partial charge in [0, 0.05) is 24.0 Å². The number of pyridine rings is 1. The molecule has 0 bridgehead atoms. The first-order valence-electron chi connectivity index (χ1n) is 9.26. The standard InChI is InChI=1S/C20H17ClF2N6O2.H2S/c1-10-9-28(12-3-4-13(18(22)23)14(21)6-12)20(31)17-15(8-26-29(10)17)27-19(30)11-2-5-16(24)25-7-11;/h2-8,10,18H,9H2,1H3,(H2,24,25)(H,27,30);1H2/t10-;/m0./s1. The predicted octanol–water partition coefficient (Wildman–Crippen LogP) is 4.04. The van der Waals surface area contributed by atoms with Gasteiger partial charge in [0.2, 0.25) is 0 Å². The van der Waals surface area contributed by atoms with E-state index in [1.54, 1.807) is 0 Å². The molecule has 3 aromatic rings. The Morgan fingerprint density at radius 3 is 2.66 bits per heavy atom. The van der Waals surface area contributed by atoms with Gasteiger partial charge in [0.1, 0.15) is 5.82 Å². The van der Waals surface area contributed by atoms with Crippen LogP contribution < -0.4 is 16.0 Å². The molecule has 32 heavy (non-hydrogen) atoms. The zero-order valence-corrected chi connectivity index (χ0v) is 18.5. The molecule has 2 amide bonds. The van der Waals surface area contributed by atoms with Crippen LogP contribution in [0.1, 0.15) is 45.8 Å². The number of nitrogens with zero attached hydrogens (tertiary/aromatic N) is 4. The molecule has 0 unspecified atom stereocenters. The second-order valence-corrected chi connectivity index (χ2v) is 7.46. The number of carbonyl (C=O) groups excluding carboxylic acids is 2. The summed E-state index contributed by atoms with van der Waals surface area (Å²) in [4.78, 5) is 31.1. The number of halogens is 3. The van der Waals surface area contributed by atoms with Gasteiger partial charge in [-0.05, 0) is 37.3 Å². The van der Waals surface area contributed by atoms with Gasteiger partial charge in [-0.2, -0.15) is 18.6 Å². The minimum Gasteiger partial charge on any atom is -0.384 e. The lowest BCUT2D eigenvalue weighted by Gasteiger charge is -2.32. The fourth-order valence-corrected chi connectivity index (χ4v) is 3.63. The van der Waals surface area contributed by atoms with E-state index in [4.69, 9.17) is 17.3 Å². The van der Waals surface area contributed by atoms with Crippen LogP contribution in [0, 0.1) is 0 Å². The Bertz CT molecular complexity index is 1170. The zero-order chi connectivity index (χ0) is 22.3. The van der Waals surface area contributed by atoms with E-state index < -0.39 is 18.2 Å². The lowest BCUT2D eigenvalue weighted by atomic mass is 10.1. The number of benzene rings is 1. The highest BCUT2D eigenvalue weighted by Crippen LogP contribution is 2.34. The molecule has 168 valence electrons. The average Bonchev–Trinajstić information content (AvgIpc) is 3.15. The summed E-state index contributed by atoms with van der Waals surface area (Å²) >= 11 is 5.98. The molecule has 12 heteroatoms. The number of carbonyl (C=O) groups is 2. The maximum Gasteiger partial charge on any atom is 0.278 e. The van der Waals surface area contributed by atoms with E-state index in [2.05, 4.69) is 15.4 Å². The normalized spacial score (nSPS) is 15.3. The van der Waals surface area contributed by atoms with E-state index in [0.29, 0.717) is 5.69 Å². The highest BCUT2D eigenvalue weighted by molar-refractivity contribution is 7.59. The molecule has 8 nitrogen and oxygen atoms in total. The largest absolute Gasteiger partial charge is 0.384 e.